The maximum Gasteiger partial charge on any atom is 0.263 e. The molecule has 1 N–H and O–H groups in total. The van der Waals surface area contributed by atoms with Crippen molar-refractivity contribution in [2.45, 2.75) is 19.0 Å². The fourth-order valence-electron chi connectivity index (χ4n) is 1.39. The molecule has 0 saturated carbocycles. The summed E-state index contributed by atoms with van der Waals surface area (Å²) in [5, 5.41) is 8.59. The molecule has 2 rings (SSSR count). The first-order valence-electron chi connectivity index (χ1n) is 5.78. The van der Waals surface area contributed by atoms with Crippen LogP contribution in [0.4, 0.5) is 0 Å². The maximum absolute atomic E-state index is 11.8. The molecule has 7 heteroatoms. The number of rotatable bonds is 5. The molecule has 0 aliphatic heterocycles. The van der Waals surface area contributed by atoms with E-state index in [0.29, 0.717) is 16.7 Å². The van der Waals surface area contributed by atoms with Crippen LogP contribution < -0.4 is 5.43 Å². The average Bonchev–Trinajstić information content (AvgIpc) is 3.01. The van der Waals surface area contributed by atoms with Crippen LogP contribution >= 0.6 is 11.8 Å². The highest BCUT2D eigenvalue weighted by molar-refractivity contribution is 7.99. The highest BCUT2D eigenvalue weighted by Gasteiger charge is 2.09. The molecule has 2 heterocycles. The monoisotopic (exact) mass is 278 g/mol. The molecule has 0 aliphatic rings. The SMILES string of the molecule is CCSc1nnc(C)n1NC(=O)C=Cc1ccco1. The lowest BCUT2D eigenvalue weighted by atomic mass is 10.4. The number of thioether (sulfide) groups is 1. The zero-order valence-corrected chi connectivity index (χ0v) is 11.5. The van der Waals surface area contributed by atoms with Gasteiger partial charge < -0.3 is 4.42 Å². The molecule has 0 saturated heterocycles. The van der Waals surface area contributed by atoms with E-state index in [2.05, 4.69) is 15.6 Å². The lowest BCUT2D eigenvalue weighted by Gasteiger charge is -2.07. The van der Waals surface area contributed by atoms with E-state index in [4.69, 9.17) is 4.42 Å². The molecule has 1 amide bonds. The first-order chi connectivity index (χ1) is 9.20. The van der Waals surface area contributed by atoms with Crippen LogP contribution in [0.2, 0.25) is 0 Å². The molecule has 6 nitrogen and oxygen atoms in total. The summed E-state index contributed by atoms with van der Waals surface area (Å²) in [5.74, 6) is 1.85. The smallest absolute Gasteiger partial charge is 0.263 e. The van der Waals surface area contributed by atoms with E-state index in [1.165, 1.54) is 17.8 Å². The lowest BCUT2D eigenvalue weighted by molar-refractivity contribution is -0.112. The summed E-state index contributed by atoms with van der Waals surface area (Å²) < 4.78 is 6.68. The average molecular weight is 278 g/mol. The summed E-state index contributed by atoms with van der Waals surface area (Å²) in [6.07, 6.45) is 4.55. The van der Waals surface area contributed by atoms with Crippen LogP contribution in [0, 0.1) is 6.92 Å². The first-order valence-corrected chi connectivity index (χ1v) is 6.76. The first kappa shape index (κ1) is 13.4. The van der Waals surface area contributed by atoms with Crippen LogP contribution in [0.25, 0.3) is 6.08 Å². The molecule has 0 spiro atoms. The van der Waals surface area contributed by atoms with Gasteiger partial charge in [-0.1, -0.05) is 18.7 Å². The number of carbonyl (C=O) groups excluding carboxylic acids is 1. The molecule has 19 heavy (non-hydrogen) atoms. The van der Waals surface area contributed by atoms with E-state index < -0.39 is 0 Å². The lowest BCUT2D eigenvalue weighted by Crippen LogP contribution is -2.22. The second-order valence-electron chi connectivity index (χ2n) is 3.62. The Morgan fingerprint density at radius 1 is 1.58 bits per heavy atom. The van der Waals surface area contributed by atoms with Crippen molar-refractivity contribution in [3.8, 4) is 0 Å². The van der Waals surface area contributed by atoms with Crippen LogP contribution in [-0.2, 0) is 4.79 Å². The normalized spacial score (nSPS) is 11.1. The van der Waals surface area contributed by atoms with E-state index in [0.717, 1.165) is 5.75 Å². The van der Waals surface area contributed by atoms with Crippen LogP contribution in [0.5, 0.6) is 0 Å². The van der Waals surface area contributed by atoms with Gasteiger partial charge >= 0.3 is 0 Å². The topological polar surface area (TPSA) is 73.0 Å². The molecule has 0 aromatic carbocycles. The minimum Gasteiger partial charge on any atom is -0.465 e. The second-order valence-corrected chi connectivity index (χ2v) is 4.85. The molecule has 0 fully saturated rings. The number of nitrogens with zero attached hydrogens (tertiary/aromatic N) is 3. The Bertz CT molecular complexity index is 575. The molecule has 0 unspecified atom stereocenters. The summed E-state index contributed by atoms with van der Waals surface area (Å²) in [5.41, 5.74) is 2.71. The van der Waals surface area contributed by atoms with Crippen molar-refractivity contribution < 1.29 is 9.21 Å². The number of carbonyl (C=O) groups is 1. The third-order valence-corrected chi connectivity index (χ3v) is 3.04. The minimum atomic E-state index is -0.266. The zero-order chi connectivity index (χ0) is 13.7. The van der Waals surface area contributed by atoms with Gasteiger partial charge in [-0.3, -0.25) is 10.2 Å². The van der Waals surface area contributed by atoms with E-state index in [9.17, 15) is 4.79 Å². The number of nitrogens with one attached hydrogen (secondary N) is 1. The largest absolute Gasteiger partial charge is 0.465 e. The Morgan fingerprint density at radius 3 is 3.11 bits per heavy atom. The summed E-state index contributed by atoms with van der Waals surface area (Å²) in [7, 11) is 0. The zero-order valence-electron chi connectivity index (χ0n) is 10.7. The number of aryl methyl sites for hydroxylation is 1. The molecule has 0 radical (unpaired) electrons. The fraction of sp³-hybridized carbons (Fsp3) is 0.250. The minimum absolute atomic E-state index is 0.266. The van der Waals surface area contributed by atoms with Gasteiger partial charge in [0.15, 0.2) is 0 Å². The molecule has 2 aromatic heterocycles. The Kier molecular flexibility index (Phi) is 4.40. The molecule has 100 valence electrons. The summed E-state index contributed by atoms with van der Waals surface area (Å²) in [6, 6.07) is 3.53. The summed E-state index contributed by atoms with van der Waals surface area (Å²) >= 11 is 1.51. The number of aromatic nitrogens is 3. The number of hydrogen-bond acceptors (Lipinski definition) is 5. The Labute approximate surface area is 114 Å². The highest BCUT2D eigenvalue weighted by Crippen LogP contribution is 2.14. The van der Waals surface area contributed by atoms with Gasteiger partial charge in [-0.2, -0.15) is 0 Å². The van der Waals surface area contributed by atoms with Crippen molar-refractivity contribution in [3.63, 3.8) is 0 Å². The van der Waals surface area contributed by atoms with Gasteiger partial charge in [-0.25, -0.2) is 4.68 Å². The molecular weight excluding hydrogens is 264 g/mol. The van der Waals surface area contributed by atoms with Crippen LogP contribution in [0.1, 0.15) is 18.5 Å². The van der Waals surface area contributed by atoms with Crippen LogP contribution in [-0.4, -0.2) is 26.5 Å². The van der Waals surface area contributed by atoms with E-state index in [-0.39, 0.29) is 5.91 Å². The third-order valence-electron chi connectivity index (χ3n) is 2.23. The highest BCUT2D eigenvalue weighted by atomic mass is 32.2. The Morgan fingerprint density at radius 2 is 2.42 bits per heavy atom. The third kappa shape index (κ3) is 3.47. The fourth-order valence-corrected chi connectivity index (χ4v) is 2.05. The van der Waals surface area contributed by atoms with Crippen molar-refractivity contribution in [2.75, 3.05) is 11.2 Å². The van der Waals surface area contributed by atoms with E-state index in [1.807, 2.05) is 6.92 Å². The van der Waals surface area contributed by atoms with Gasteiger partial charge in [0.1, 0.15) is 11.6 Å². The van der Waals surface area contributed by atoms with E-state index >= 15 is 0 Å². The predicted octanol–water partition coefficient (Wildman–Crippen LogP) is 2.08. The van der Waals surface area contributed by atoms with Gasteiger partial charge in [0, 0.05) is 6.08 Å². The number of hydrogen-bond donors (Lipinski definition) is 1. The molecule has 2 aromatic rings. The van der Waals surface area contributed by atoms with Crippen molar-refractivity contribution in [1.82, 2.24) is 14.9 Å². The van der Waals surface area contributed by atoms with Gasteiger partial charge in [-0.15, -0.1) is 10.2 Å². The molecule has 0 atom stereocenters. The Balaban J connectivity index is 2.04. The molecular formula is C12H14N4O2S. The standard InChI is InChI=1S/C12H14N4O2S/c1-3-19-12-14-13-9(2)16(12)15-11(17)7-6-10-5-4-8-18-10/h4-8H,3H2,1-2H3,(H,15,17). The maximum atomic E-state index is 11.8. The van der Waals surface area contributed by atoms with Crippen LogP contribution in [0.15, 0.2) is 34.0 Å². The second kappa shape index (κ2) is 6.24. The summed E-state index contributed by atoms with van der Waals surface area (Å²) in [4.78, 5) is 11.8. The van der Waals surface area contributed by atoms with Gasteiger partial charge in [0.2, 0.25) is 5.16 Å². The Hall–Kier alpha value is -2.02. The molecule has 0 aliphatic carbocycles. The van der Waals surface area contributed by atoms with Gasteiger partial charge in [-0.05, 0) is 30.9 Å². The van der Waals surface area contributed by atoms with E-state index in [1.54, 1.807) is 36.1 Å². The van der Waals surface area contributed by atoms with Crippen molar-refractivity contribution in [2.24, 2.45) is 0 Å². The van der Waals surface area contributed by atoms with Crippen LogP contribution in [0.3, 0.4) is 0 Å². The number of amides is 1. The number of furan rings is 1. The van der Waals surface area contributed by atoms with Gasteiger partial charge in [0.25, 0.3) is 5.91 Å². The van der Waals surface area contributed by atoms with Crippen molar-refractivity contribution in [3.05, 3.63) is 36.1 Å². The quantitative estimate of drug-likeness (QED) is 0.669. The van der Waals surface area contributed by atoms with Crippen molar-refractivity contribution in [1.29, 1.82) is 0 Å². The van der Waals surface area contributed by atoms with Gasteiger partial charge in [0.05, 0.1) is 6.26 Å². The van der Waals surface area contributed by atoms with Crippen molar-refractivity contribution >= 4 is 23.7 Å². The summed E-state index contributed by atoms with van der Waals surface area (Å²) in [6.45, 7) is 3.79. The molecule has 0 bridgehead atoms. The predicted molar refractivity (Wildman–Crippen MR) is 73.3 cm³/mol.